The van der Waals surface area contributed by atoms with Gasteiger partial charge in [-0.3, -0.25) is 0 Å². The van der Waals surface area contributed by atoms with Gasteiger partial charge in [-0.2, -0.15) is 0 Å². The molecule has 1 heterocycles. The van der Waals surface area contributed by atoms with Crippen molar-refractivity contribution in [3.05, 3.63) is 34.1 Å². The van der Waals surface area contributed by atoms with Crippen LogP contribution in [0.3, 0.4) is 0 Å². The Kier molecular flexibility index (Phi) is 3.23. The summed E-state index contributed by atoms with van der Waals surface area (Å²) in [5, 5.41) is 0. The summed E-state index contributed by atoms with van der Waals surface area (Å²) < 4.78 is 23.9. The summed E-state index contributed by atoms with van der Waals surface area (Å²) in [4.78, 5) is 11.5. The fraction of sp³-hybridized carbons (Fsp3) is 0.417. The van der Waals surface area contributed by atoms with Crippen LogP contribution in [-0.2, 0) is 19.9 Å². The van der Waals surface area contributed by atoms with Gasteiger partial charge in [0.25, 0.3) is 0 Å². The van der Waals surface area contributed by atoms with Gasteiger partial charge in [0.15, 0.2) is 6.10 Å². The van der Waals surface area contributed by atoms with Gasteiger partial charge in [-0.15, -0.1) is 0 Å². The van der Waals surface area contributed by atoms with Crippen molar-refractivity contribution in [2.24, 2.45) is 0 Å². The van der Waals surface area contributed by atoms with Crippen molar-refractivity contribution in [3.63, 3.8) is 0 Å². The van der Waals surface area contributed by atoms with Crippen LogP contribution in [0.1, 0.15) is 19.4 Å². The number of epoxide rings is 1. The number of rotatable bonds is 3. The average molecular weight is 303 g/mol. The Bertz CT molecular complexity index is 463. The normalized spacial score (nSPS) is 26.7. The monoisotopic (exact) mass is 302 g/mol. The van der Waals surface area contributed by atoms with E-state index in [2.05, 4.69) is 15.9 Å². The SMILES string of the molecule is CCOC(=O)C1OC1(C)c1ccc(F)cc1Br. The number of carbonyl (C=O) groups is 1. The van der Waals surface area contributed by atoms with E-state index in [1.165, 1.54) is 12.1 Å². The lowest BCUT2D eigenvalue weighted by Gasteiger charge is -2.09. The minimum Gasteiger partial charge on any atom is -0.464 e. The first-order valence-electron chi connectivity index (χ1n) is 5.29. The second-order valence-electron chi connectivity index (χ2n) is 3.98. The third-order valence-electron chi connectivity index (χ3n) is 2.77. The maximum atomic E-state index is 13.0. The van der Waals surface area contributed by atoms with Crippen molar-refractivity contribution in [3.8, 4) is 0 Å². The average Bonchev–Trinajstić information content (AvgIpc) is 2.92. The molecule has 0 N–H and O–H groups in total. The summed E-state index contributed by atoms with van der Waals surface area (Å²) in [6.45, 7) is 3.84. The van der Waals surface area contributed by atoms with Gasteiger partial charge in [-0.25, -0.2) is 9.18 Å². The molecule has 0 bridgehead atoms. The molecule has 1 aliphatic rings. The molecule has 0 spiro atoms. The molecular formula is C12H12BrFO3. The maximum absolute atomic E-state index is 13.0. The van der Waals surface area contributed by atoms with Gasteiger partial charge in [0, 0.05) is 10.0 Å². The Hall–Kier alpha value is -0.940. The third-order valence-corrected chi connectivity index (χ3v) is 3.43. The Labute approximate surface area is 107 Å². The lowest BCUT2D eigenvalue weighted by molar-refractivity contribution is -0.144. The van der Waals surface area contributed by atoms with E-state index in [1.807, 2.05) is 0 Å². The molecule has 3 nitrogen and oxygen atoms in total. The lowest BCUT2D eigenvalue weighted by Crippen LogP contribution is -2.19. The Morgan fingerprint density at radius 2 is 2.35 bits per heavy atom. The fourth-order valence-electron chi connectivity index (χ4n) is 1.80. The van der Waals surface area contributed by atoms with Crippen molar-refractivity contribution < 1.29 is 18.7 Å². The molecular weight excluding hydrogens is 291 g/mol. The smallest absolute Gasteiger partial charge is 0.338 e. The molecule has 92 valence electrons. The molecule has 0 aromatic heterocycles. The van der Waals surface area contributed by atoms with Crippen LogP contribution in [0.15, 0.2) is 22.7 Å². The molecule has 17 heavy (non-hydrogen) atoms. The summed E-state index contributed by atoms with van der Waals surface area (Å²) in [6.07, 6.45) is -0.607. The molecule has 0 saturated carbocycles. The van der Waals surface area contributed by atoms with Crippen LogP contribution in [0.2, 0.25) is 0 Å². The van der Waals surface area contributed by atoms with Crippen LogP contribution in [0.4, 0.5) is 4.39 Å². The van der Waals surface area contributed by atoms with Gasteiger partial charge in [0.1, 0.15) is 11.4 Å². The Morgan fingerprint density at radius 3 is 2.94 bits per heavy atom. The first-order valence-corrected chi connectivity index (χ1v) is 6.08. The number of benzene rings is 1. The first-order chi connectivity index (χ1) is 7.99. The lowest BCUT2D eigenvalue weighted by atomic mass is 9.97. The number of ether oxygens (including phenoxy) is 2. The minimum absolute atomic E-state index is 0.319. The van der Waals surface area contributed by atoms with Crippen LogP contribution in [0.5, 0.6) is 0 Å². The van der Waals surface area contributed by atoms with Gasteiger partial charge >= 0.3 is 5.97 Å². The van der Waals surface area contributed by atoms with Crippen LogP contribution in [-0.4, -0.2) is 18.7 Å². The predicted octanol–water partition coefficient (Wildman–Crippen LogP) is 2.77. The zero-order valence-corrected chi connectivity index (χ0v) is 11.1. The minimum atomic E-state index is -0.723. The standard InChI is InChI=1S/C12H12BrFO3/c1-3-16-11(15)10-12(2,17-10)8-5-4-7(14)6-9(8)13/h4-6,10H,3H2,1-2H3. The molecule has 5 heteroatoms. The second-order valence-corrected chi connectivity index (χ2v) is 4.84. The van der Waals surface area contributed by atoms with Crippen molar-refractivity contribution in [1.82, 2.24) is 0 Å². The summed E-state index contributed by atoms with van der Waals surface area (Å²) in [7, 11) is 0. The molecule has 0 radical (unpaired) electrons. The highest BCUT2D eigenvalue weighted by Gasteiger charge is 2.60. The van der Waals surface area contributed by atoms with Gasteiger partial charge in [-0.05, 0) is 26.0 Å². The molecule has 1 saturated heterocycles. The molecule has 2 atom stereocenters. The number of esters is 1. The van der Waals surface area contributed by atoms with Crippen LogP contribution < -0.4 is 0 Å². The van der Waals surface area contributed by atoms with Crippen LogP contribution >= 0.6 is 15.9 Å². The van der Waals surface area contributed by atoms with Crippen molar-refractivity contribution in [2.45, 2.75) is 25.6 Å². The maximum Gasteiger partial charge on any atom is 0.338 e. The molecule has 0 amide bonds. The van der Waals surface area contributed by atoms with E-state index in [1.54, 1.807) is 19.9 Å². The van der Waals surface area contributed by atoms with Gasteiger partial charge in [-0.1, -0.05) is 22.0 Å². The van der Waals surface area contributed by atoms with Gasteiger partial charge in [0.05, 0.1) is 6.61 Å². The van der Waals surface area contributed by atoms with E-state index in [0.29, 0.717) is 11.1 Å². The highest BCUT2D eigenvalue weighted by atomic mass is 79.9. The van der Waals surface area contributed by atoms with Crippen LogP contribution in [0, 0.1) is 5.82 Å². The summed E-state index contributed by atoms with van der Waals surface area (Å²) in [6, 6.07) is 4.30. The molecule has 1 aromatic rings. The van der Waals surface area contributed by atoms with Gasteiger partial charge in [0.2, 0.25) is 0 Å². The summed E-state index contributed by atoms with van der Waals surface area (Å²) in [5.41, 5.74) is 0.0238. The van der Waals surface area contributed by atoms with E-state index in [4.69, 9.17) is 9.47 Å². The Balaban J connectivity index is 2.22. The van der Waals surface area contributed by atoms with E-state index in [-0.39, 0.29) is 11.8 Å². The molecule has 0 aliphatic carbocycles. The second kappa shape index (κ2) is 4.38. The fourth-order valence-corrected chi connectivity index (χ4v) is 2.54. The molecule has 1 aliphatic heterocycles. The molecule has 1 fully saturated rings. The number of halogens is 2. The molecule has 1 aromatic carbocycles. The van der Waals surface area contributed by atoms with E-state index < -0.39 is 11.7 Å². The van der Waals surface area contributed by atoms with E-state index in [0.717, 1.165) is 5.56 Å². The number of carbonyl (C=O) groups excluding carboxylic acids is 1. The third kappa shape index (κ3) is 2.21. The highest BCUT2D eigenvalue weighted by molar-refractivity contribution is 9.10. The molecule has 2 unspecified atom stereocenters. The van der Waals surface area contributed by atoms with E-state index >= 15 is 0 Å². The Morgan fingerprint density at radius 1 is 1.65 bits per heavy atom. The van der Waals surface area contributed by atoms with Crippen molar-refractivity contribution >= 4 is 21.9 Å². The van der Waals surface area contributed by atoms with Gasteiger partial charge < -0.3 is 9.47 Å². The van der Waals surface area contributed by atoms with Crippen molar-refractivity contribution in [1.29, 1.82) is 0 Å². The highest BCUT2D eigenvalue weighted by Crippen LogP contribution is 2.48. The zero-order chi connectivity index (χ0) is 12.6. The number of hydrogen-bond donors (Lipinski definition) is 0. The quantitative estimate of drug-likeness (QED) is 0.636. The summed E-state index contributed by atoms with van der Waals surface area (Å²) in [5.74, 6) is -0.719. The molecule has 2 rings (SSSR count). The van der Waals surface area contributed by atoms with Crippen molar-refractivity contribution in [2.75, 3.05) is 6.61 Å². The first kappa shape index (κ1) is 12.5. The van der Waals surface area contributed by atoms with Crippen LogP contribution in [0.25, 0.3) is 0 Å². The summed E-state index contributed by atoms with van der Waals surface area (Å²) >= 11 is 3.27. The predicted molar refractivity (Wildman–Crippen MR) is 63.0 cm³/mol. The topological polar surface area (TPSA) is 38.8 Å². The number of hydrogen-bond acceptors (Lipinski definition) is 3. The van der Waals surface area contributed by atoms with E-state index in [9.17, 15) is 9.18 Å². The largest absolute Gasteiger partial charge is 0.464 e. The zero-order valence-electron chi connectivity index (χ0n) is 9.50.